The number of imidazole rings is 1. The molecular formula is C22H20FN5O2. The molecule has 4 aromatic rings. The van der Waals surface area contributed by atoms with E-state index in [2.05, 4.69) is 4.98 Å². The Hall–Kier alpha value is -3.68. The maximum atomic E-state index is 13.3. The molecule has 0 radical (unpaired) electrons. The predicted octanol–water partition coefficient (Wildman–Crippen LogP) is 2.54. The average Bonchev–Trinajstić information content (AvgIpc) is 3.31. The Morgan fingerprint density at radius 1 is 1.00 bits per heavy atom. The van der Waals surface area contributed by atoms with Gasteiger partial charge in [-0.2, -0.15) is 4.98 Å². The van der Waals surface area contributed by atoms with E-state index < -0.39 is 5.69 Å². The summed E-state index contributed by atoms with van der Waals surface area (Å²) in [7, 11) is 1.62. The summed E-state index contributed by atoms with van der Waals surface area (Å²) in [5, 5.41) is 0. The minimum atomic E-state index is -0.449. The van der Waals surface area contributed by atoms with Crippen LogP contribution in [0.4, 0.5) is 16.0 Å². The lowest BCUT2D eigenvalue weighted by Crippen LogP contribution is -2.40. The number of aryl methyl sites for hydroxylation is 2. The zero-order valence-corrected chi connectivity index (χ0v) is 16.7. The second-order valence-corrected chi connectivity index (χ2v) is 7.58. The highest BCUT2D eigenvalue weighted by molar-refractivity contribution is 5.77. The van der Waals surface area contributed by atoms with Crippen LogP contribution in [0.1, 0.15) is 11.1 Å². The minimum Gasteiger partial charge on any atom is -0.310 e. The Balaban J connectivity index is 1.66. The quantitative estimate of drug-likeness (QED) is 0.526. The van der Waals surface area contributed by atoms with E-state index in [1.54, 1.807) is 19.2 Å². The van der Waals surface area contributed by atoms with Gasteiger partial charge in [0.2, 0.25) is 5.95 Å². The van der Waals surface area contributed by atoms with Gasteiger partial charge in [0.05, 0.1) is 6.54 Å². The van der Waals surface area contributed by atoms with Crippen LogP contribution in [0.25, 0.3) is 11.2 Å². The smallest absolute Gasteiger partial charge is 0.310 e. The maximum absolute atomic E-state index is 13.3. The molecule has 0 bridgehead atoms. The van der Waals surface area contributed by atoms with E-state index in [0.29, 0.717) is 35.8 Å². The Labute approximate surface area is 171 Å². The molecule has 0 aliphatic carbocycles. The van der Waals surface area contributed by atoms with Gasteiger partial charge < -0.3 is 9.47 Å². The number of aromatic nitrogens is 4. The summed E-state index contributed by atoms with van der Waals surface area (Å²) in [4.78, 5) is 32.9. The van der Waals surface area contributed by atoms with Crippen LogP contribution in [0.5, 0.6) is 0 Å². The van der Waals surface area contributed by atoms with Crippen LogP contribution in [-0.4, -0.2) is 25.2 Å². The number of anilines is 2. The van der Waals surface area contributed by atoms with Gasteiger partial charge in [-0.05, 0) is 36.8 Å². The van der Waals surface area contributed by atoms with Gasteiger partial charge in [0.1, 0.15) is 5.82 Å². The lowest BCUT2D eigenvalue weighted by Gasteiger charge is -2.16. The molecule has 0 saturated heterocycles. The summed E-state index contributed by atoms with van der Waals surface area (Å²) < 4.78 is 17.7. The molecule has 0 amide bonds. The molecule has 0 fully saturated rings. The predicted molar refractivity (Wildman–Crippen MR) is 113 cm³/mol. The SMILES string of the molecule is Cc1ccc(N2CCn3c2nc2c3c(=O)n(Cc3ccc(F)cc3)c(=O)n2C)cc1. The number of rotatable bonds is 3. The third-order valence-corrected chi connectivity index (χ3v) is 5.60. The number of fused-ring (bicyclic) bond motifs is 3. The van der Waals surface area contributed by atoms with E-state index in [0.717, 1.165) is 11.3 Å². The third kappa shape index (κ3) is 2.75. The molecule has 1 aliphatic heterocycles. The summed E-state index contributed by atoms with van der Waals surface area (Å²) >= 11 is 0. The van der Waals surface area contributed by atoms with Gasteiger partial charge in [-0.25, -0.2) is 9.18 Å². The van der Waals surface area contributed by atoms with Crippen LogP contribution in [-0.2, 0) is 20.1 Å². The summed E-state index contributed by atoms with van der Waals surface area (Å²) in [5.74, 6) is 0.291. The van der Waals surface area contributed by atoms with E-state index in [1.807, 2.05) is 40.7 Å². The van der Waals surface area contributed by atoms with Gasteiger partial charge in [0.25, 0.3) is 5.56 Å². The van der Waals surface area contributed by atoms with Gasteiger partial charge in [0, 0.05) is 25.8 Å². The number of benzene rings is 2. The van der Waals surface area contributed by atoms with Crippen LogP contribution in [0.3, 0.4) is 0 Å². The highest BCUT2D eigenvalue weighted by Gasteiger charge is 2.28. The monoisotopic (exact) mass is 405 g/mol. The van der Waals surface area contributed by atoms with Crippen molar-refractivity contribution in [2.75, 3.05) is 11.4 Å². The number of nitrogens with zero attached hydrogens (tertiary/aromatic N) is 5. The number of hydrogen-bond donors (Lipinski definition) is 0. The molecule has 152 valence electrons. The molecule has 2 aromatic carbocycles. The van der Waals surface area contributed by atoms with Crippen molar-refractivity contribution in [3.8, 4) is 0 Å². The highest BCUT2D eigenvalue weighted by atomic mass is 19.1. The molecule has 0 spiro atoms. The van der Waals surface area contributed by atoms with Gasteiger partial charge in [-0.15, -0.1) is 0 Å². The van der Waals surface area contributed by atoms with Crippen molar-refractivity contribution >= 4 is 22.8 Å². The van der Waals surface area contributed by atoms with Crippen LogP contribution >= 0.6 is 0 Å². The Bertz CT molecular complexity index is 1380. The van der Waals surface area contributed by atoms with Crippen LogP contribution < -0.4 is 16.1 Å². The fourth-order valence-electron chi connectivity index (χ4n) is 3.96. The zero-order valence-electron chi connectivity index (χ0n) is 16.7. The summed E-state index contributed by atoms with van der Waals surface area (Å²) in [6.45, 7) is 3.40. The Morgan fingerprint density at radius 3 is 2.40 bits per heavy atom. The van der Waals surface area contributed by atoms with Crippen LogP contribution in [0.2, 0.25) is 0 Å². The standard InChI is InChI=1S/C22H20FN5O2/c1-14-3-9-17(10-4-14)26-11-12-27-18-19(24-21(26)27)25(2)22(30)28(20(18)29)13-15-5-7-16(23)8-6-15/h3-10H,11-13H2,1-2H3. The van der Waals surface area contributed by atoms with Crippen molar-refractivity contribution in [1.29, 1.82) is 0 Å². The summed E-state index contributed by atoms with van der Waals surface area (Å²) in [6, 6.07) is 13.9. The topological polar surface area (TPSA) is 65.1 Å². The maximum Gasteiger partial charge on any atom is 0.332 e. The van der Waals surface area contributed by atoms with Crippen molar-refractivity contribution in [3.63, 3.8) is 0 Å². The van der Waals surface area contributed by atoms with Gasteiger partial charge in [-0.1, -0.05) is 29.8 Å². The first-order valence-electron chi connectivity index (χ1n) is 9.73. The number of halogens is 1. The van der Waals surface area contributed by atoms with Crippen molar-refractivity contribution in [2.45, 2.75) is 20.0 Å². The van der Waals surface area contributed by atoms with Crippen LogP contribution in [0, 0.1) is 12.7 Å². The first-order chi connectivity index (χ1) is 14.4. The van der Waals surface area contributed by atoms with Crippen molar-refractivity contribution in [1.82, 2.24) is 18.7 Å². The molecular weight excluding hydrogens is 385 g/mol. The van der Waals surface area contributed by atoms with E-state index in [-0.39, 0.29) is 17.9 Å². The Kier molecular flexibility index (Phi) is 4.09. The molecule has 5 rings (SSSR count). The van der Waals surface area contributed by atoms with Crippen molar-refractivity contribution < 1.29 is 4.39 Å². The van der Waals surface area contributed by atoms with Gasteiger partial charge in [-0.3, -0.25) is 13.9 Å². The lowest BCUT2D eigenvalue weighted by atomic mass is 10.2. The third-order valence-electron chi connectivity index (χ3n) is 5.60. The van der Waals surface area contributed by atoms with E-state index >= 15 is 0 Å². The molecule has 0 saturated carbocycles. The van der Waals surface area contributed by atoms with E-state index in [9.17, 15) is 14.0 Å². The second-order valence-electron chi connectivity index (χ2n) is 7.58. The molecule has 3 heterocycles. The highest BCUT2D eigenvalue weighted by Crippen LogP contribution is 2.31. The molecule has 0 N–H and O–H groups in total. The molecule has 0 atom stereocenters. The van der Waals surface area contributed by atoms with E-state index in [4.69, 9.17) is 0 Å². The minimum absolute atomic E-state index is 0.0733. The van der Waals surface area contributed by atoms with Crippen molar-refractivity contribution in [3.05, 3.63) is 86.3 Å². The molecule has 7 nitrogen and oxygen atoms in total. The van der Waals surface area contributed by atoms with Gasteiger partial charge >= 0.3 is 5.69 Å². The first-order valence-corrected chi connectivity index (χ1v) is 9.73. The van der Waals surface area contributed by atoms with Gasteiger partial charge in [0.15, 0.2) is 11.2 Å². The summed E-state index contributed by atoms with van der Waals surface area (Å²) in [5.41, 5.74) is 2.77. The molecule has 1 aliphatic rings. The van der Waals surface area contributed by atoms with E-state index in [1.165, 1.54) is 21.3 Å². The first kappa shape index (κ1) is 18.4. The fraction of sp³-hybridized carbons (Fsp3) is 0.227. The van der Waals surface area contributed by atoms with Crippen LogP contribution in [0.15, 0.2) is 58.1 Å². The fourth-order valence-corrected chi connectivity index (χ4v) is 3.96. The molecule has 30 heavy (non-hydrogen) atoms. The molecule has 0 unspecified atom stereocenters. The normalized spacial score (nSPS) is 13.2. The lowest BCUT2D eigenvalue weighted by molar-refractivity contribution is 0.623. The Morgan fingerprint density at radius 2 is 1.70 bits per heavy atom. The average molecular weight is 405 g/mol. The van der Waals surface area contributed by atoms with Crippen molar-refractivity contribution in [2.24, 2.45) is 7.05 Å². The zero-order chi connectivity index (χ0) is 21.0. The molecule has 8 heteroatoms. The second kappa shape index (κ2) is 6.69. The number of hydrogen-bond acceptors (Lipinski definition) is 4. The largest absolute Gasteiger partial charge is 0.332 e. The molecule has 2 aromatic heterocycles. The summed E-state index contributed by atoms with van der Waals surface area (Å²) in [6.07, 6.45) is 0.